The third-order valence-electron chi connectivity index (χ3n) is 9.31. The van der Waals surface area contributed by atoms with Crippen LogP contribution in [0.15, 0.2) is 41.4 Å². The van der Waals surface area contributed by atoms with Crippen LogP contribution in [0.3, 0.4) is 0 Å². The fraction of sp³-hybridized carbons (Fsp3) is 0.457. The van der Waals surface area contributed by atoms with Crippen LogP contribution in [0.4, 0.5) is 10.2 Å². The standard InChI is InChI=1S/C35H39BrFN9O5/c1-20(47)30-24-11-25(23-13-38-21(2)39-14-23)40-15-27(24)46(44-30)16-29(48)45-19-35(37)12-26(45)32(49)43-31-22(7-8-28(36)42-31)17-51-10-6-5-9-34(3,4)33(50)41-18-35/h7-8,11,13-15,26H,5-6,9-10,12,16-19H2,1-4H3,(H,41,50)(H,42,43,49)/t26-,35-/m0/s1. The van der Waals surface area contributed by atoms with E-state index >= 15 is 4.39 Å². The predicted molar refractivity (Wildman–Crippen MR) is 188 cm³/mol. The molecule has 268 valence electrons. The van der Waals surface area contributed by atoms with Crippen molar-refractivity contribution in [3.05, 3.63) is 58.5 Å². The van der Waals surface area contributed by atoms with Gasteiger partial charge in [0.1, 0.15) is 40.2 Å². The summed E-state index contributed by atoms with van der Waals surface area (Å²) in [4.78, 5) is 72.4. The van der Waals surface area contributed by atoms with Gasteiger partial charge in [0.05, 0.1) is 37.1 Å². The van der Waals surface area contributed by atoms with Crippen LogP contribution in [0.1, 0.15) is 68.3 Å². The Labute approximate surface area is 302 Å². The molecule has 0 saturated carbocycles. The van der Waals surface area contributed by atoms with E-state index in [1.807, 2.05) is 0 Å². The lowest BCUT2D eigenvalue weighted by Gasteiger charge is -2.27. The third-order valence-corrected chi connectivity index (χ3v) is 9.75. The molecule has 0 spiro atoms. The van der Waals surface area contributed by atoms with E-state index in [-0.39, 0.29) is 42.8 Å². The first kappa shape index (κ1) is 36.1. The van der Waals surface area contributed by atoms with E-state index in [0.717, 1.165) is 11.3 Å². The van der Waals surface area contributed by atoms with Gasteiger partial charge in [-0.2, -0.15) is 5.10 Å². The van der Waals surface area contributed by atoms with Gasteiger partial charge >= 0.3 is 0 Å². The van der Waals surface area contributed by atoms with Crippen LogP contribution in [-0.4, -0.2) is 89.5 Å². The molecule has 4 aromatic heterocycles. The average molecular weight is 765 g/mol. The highest BCUT2D eigenvalue weighted by molar-refractivity contribution is 9.10. The molecule has 3 amide bonds. The molecule has 0 unspecified atom stereocenters. The maximum Gasteiger partial charge on any atom is 0.248 e. The van der Waals surface area contributed by atoms with Gasteiger partial charge < -0.3 is 20.3 Å². The minimum Gasteiger partial charge on any atom is -0.377 e. The van der Waals surface area contributed by atoms with E-state index in [0.29, 0.717) is 57.6 Å². The summed E-state index contributed by atoms with van der Waals surface area (Å²) in [6, 6.07) is 3.93. The maximum absolute atomic E-state index is 16.7. The number of carbonyl (C=O) groups is 4. The number of nitrogens with zero attached hydrogens (tertiary/aromatic N) is 7. The summed E-state index contributed by atoms with van der Waals surface area (Å²) in [7, 11) is 0. The number of amides is 3. The number of halogens is 2. The van der Waals surface area contributed by atoms with Gasteiger partial charge in [0, 0.05) is 54.3 Å². The molecule has 2 aliphatic rings. The van der Waals surface area contributed by atoms with E-state index in [4.69, 9.17) is 4.74 Å². The lowest BCUT2D eigenvalue weighted by atomic mass is 9.86. The Morgan fingerprint density at radius 2 is 1.88 bits per heavy atom. The van der Waals surface area contributed by atoms with Gasteiger partial charge in [-0.15, -0.1) is 0 Å². The minimum absolute atomic E-state index is 0.124. The maximum atomic E-state index is 16.7. The van der Waals surface area contributed by atoms with Crippen molar-refractivity contribution in [1.29, 1.82) is 0 Å². The van der Waals surface area contributed by atoms with Crippen molar-refractivity contribution >= 4 is 56.2 Å². The first-order valence-corrected chi connectivity index (χ1v) is 17.5. The van der Waals surface area contributed by atoms with E-state index in [1.165, 1.54) is 17.8 Å². The average Bonchev–Trinajstić information content (AvgIpc) is 3.64. The molecule has 0 aliphatic carbocycles. The van der Waals surface area contributed by atoms with Crippen molar-refractivity contribution in [2.75, 3.05) is 25.0 Å². The van der Waals surface area contributed by atoms with Gasteiger partial charge in [0.2, 0.25) is 17.7 Å². The number of hydrogen-bond acceptors (Lipinski definition) is 10. The Hall–Kier alpha value is -4.70. The van der Waals surface area contributed by atoms with Crippen molar-refractivity contribution in [3.8, 4) is 11.3 Å². The number of fused-ring (bicyclic) bond motifs is 4. The van der Waals surface area contributed by atoms with Crippen LogP contribution < -0.4 is 10.6 Å². The number of aryl methyl sites for hydroxylation is 1. The molecule has 0 radical (unpaired) electrons. The number of carbonyl (C=O) groups excluding carboxylic acids is 4. The molecule has 0 aromatic carbocycles. The molecule has 51 heavy (non-hydrogen) atoms. The molecule has 1 fully saturated rings. The molecule has 14 nitrogen and oxygen atoms in total. The van der Waals surface area contributed by atoms with Crippen LogP contribution >= 0.6 is 15.9 Å². The monoisotopic (exact) mass is 763 g/mol. The molecule has 2 atom stereocenters. The SMILES string of the molecule is CC(=O)c1nn(CC(=O)N2C[C@@]3(F)CNC(=O)C(C)(C)CCCCOCc4ccc(Br)nc4NC(=O)[C@@H]2C3)c2cnc(-c3cnc(C)nc3)cc12. The molecule has 2 N–H and O–H groups in total. The highest BCUT2D eigenvalue weighted by Gasteiger charge is 2.50. The zero-order valence-electron chi connectivity index (χ0n) is 28.8. The zero-order chi connectivity index (χ0) is 36.5. The molecule has 2 bridgehead atoms. The first-order chi connectivity index (χ1) is 24.2. The Morgan fingerprint density at radius 3 is 2.63 bits per heavy atom. The first-order valence-electron chi connectivity index (χ1n) is 16.7. The van der Waals surface area contributed by atoms with E-state index in [9.17, 15) is 19.2 Å². The predicted octanol–water partition coefficient (Wildman–Crippen LogP) is 4.35. The van der Waals surface area contributed by atoms with Crippen LogP contribution in [0.5, 0.6) is 0 Å². The van der Waals surface area contributed by atoms with Gasteiger partial charge in [-0.05, 0) is 47.8 Å². The number of anilines is 1. The molecular formula is C35H39BrFN9O5. The number of aromatic nitrogens is 6. The van der Waals surface area contributed by atoms with Gasteiger partial charge in [-0.3, -0.25) is 28.8 Å². The van der Waals surface area contributed by atoms with Crippen molar-refractivity contribution in [2.45, 2.75) is 78.2 Å². The van der Waals surface area contributed by atoms with Crippen molar-refractivity contribution < 1.29 is 28.3 Å². The number of rotatable bonds is 4. The summed E-state index contributed by atoms with van der Waals surface area (Å²) in [6.07, 6.45) is 6.38. The van der Waals surface area contributed by atoms with Crippen molar-refractivity contribution in [2.24, 2.45) is 5.41 Å². The van der Waals surface area contributed by atoms with E-state index in [2.05, 4.69) is 51.6 Å². The number of nitrogens with one attached hydrogen (secondary N) is 2. The lowest BCUT2D eigenvalue weighted by molar-refractivity contribution is -0.137. The number of ether oxygens (including phenoxy) is 1. The normalized spacial score (nSPS) is 21.5. The van der Waals surface area contributed by atoms with E-state index in [1.54, 1.807) is 51.4 Å². The summed E-state index contributed by atoms with van der Waals surface area (Å²) in [5.41, 5.74) is -0.607. The van der Waals surface area contributed by atoms with Gasteiger partial charge in [-0.1, -0.05) is 26.3 Å². The molecule has 6 heterocycles. The highest BCUT2D eigenvalue weighted by Crippen LogP contribution is 2.34. The molecule has 6 rings (SSSR count). The summed E-state index contributed by atoms with van der Waals surface area (Å²) in [6.45, 7) is 6.09. The van der Waals surface area contributed by atoms with Crippen LogP contribution in [0.25, 0.3) is 22.2 Å². The fourth-order valence-corrected chi connectivity index (χ4v) is 6.66. The van der Waals surface area contributed by atoms with Gasteiger partial charge in [0.15, 0.2) is 5.78 Å². The third kappa shape index (κ3) is 7.96. The Kier molecular flexibility index (Phi) is 10.3. The van der Waals surface area contributed by atoms with Crippen LogP contribution in [-0.2, 0) is 32.3 Å². The molecule has 4 aromatic rings. The smallest absolute Gasteiger partial charge is 0.248 e. The summed E-state index contributed by atoms with van der Waals surface area (Å²) in [5.74, 6) is -1.09. The number of likely N-dealkylation sites (tertiary alicyclic amines) is 1. The van der Waals surface area contributed by atoms with Crippen molar-refractivity contribution in [3.63, 3.8) is 0 Å². The van der Waals surface area contributed by atoms with Gasteiger partial charge in [0.25, 0.3) is 0 Å². The number of Topliss-reactive ketones (excluding diaryl/α,β-unsaturated/α-hetero) is 1. The van der Waals surface area contributed by atoms with Crippen LogP contribution in [0, 0.1) is 12.3 Å². The quantitative estimate of drug-likeness (QED) is 0.225. The number of hydrogen-bond donors (Lipinski definition) is 2. The summed E-state index contributed by atoms with van der Waals surface area (Å²) < 4.78 is 24.4. The molecule has 2 aliphatic heterocycles. The minimum atomic E-state index is -2.11. The highest BCUT2D eigenvalue weighted by atomic mass is 79.9. The second-order valence-corrected chi connectivity index (χ2v) is 14.6. The molecule has 16 heteroatoms. The molecular weight excluding hydrogens is 725 g/mol. The number of alkyl halides is 1. The van der Waals surface area contributed by atoms with E-state index < -0.39 is 42.0 Å². The Bertz CT molecular complexity index is 2000. The molecule has 1 saturated heterocycles. The summed E-state index contributed by atoms with van der Waals surface area (Å²) in [5, 5.41) is 10.4. The lowest BCUT2D eigenvalue weighted by Crippen LogP contribution is -2.47. The zero-order valence-corrected chi connectivity index (χ0v) is 30.4. The fourth-order valence-electron chi connectivity index (χ4n) is 6.35. The second kappa shape index (κ2) is 14.5. The van der Waals surface area contributed by atoms with Gasteiger partial charge in [-0.25, -0.2) is 19.3 Å². The Morgan fingerprint density at radius 1 is 1.12 bits per heavy atom. The second-order valence-electron chi connectivity index (χ2n) is 13.8. The Balaban J connectivity index is 1.32. The van der Waals surface area contributed by atoms with Crippen molar-refractivity contribution in [1.82, 2.24) is 39.9 Å². The number of pyridine rings is 2. The van der Waals surface area contributed by atoms with Crippen LogP contribution in [0.2, 0.25) is 0 Å². The largest absolute Gasteiger partial charge is 0.377 e. The number of ketones is 1. The summed E-state index contributed by atoms with van der Waals surface area (Å²) >= 11 is 3.35. The topological polar surface area (TPSA) is 174 Å².